The normalized spacial score (nSPS) is 26.3. The van der Waals surface area contributed by atoms with Gasteiger partial charge in [0.25, 0.3) is 0 Å². The summed E-state index contributed by atoms with van der Waals surface area (Å²) >= 11 is 0. The predicted molar refractivity (Wildman–Crippen MR) is 38.0 cm³/mol. The van der Waals surface area contributed by atoms with Gasteiger partial charge in [0, 0.05) is 6.42 Å². The van der Waals surface area contributed by atoms with Crippen molar-refractivity contribution in [3.63, 3.8) is 0 Å². The Hall–Kier alpha value is -0.900. The third kappa shape index (κ3) is 1.33. The largest absolute Gasteiger partial charge is 0.313 e. The molecule has 4 heteroatoms. The van der Waals surface area contributed by atoms with Gasteiger partial charge in [-0.1, -0.05) is 0 Å². The van der Waals surface area contributed by atoms with E-state index in [-0.39, 0.29) is 11.9 Å². The summed E-state index contributed by atoms with van der Waals surface area (Å²) < 4.78 is 0. The summed E-state index contributed by atoms with van der Waals surface area (Å²) in [6, 6.07) is -0.103. The van der Waals surface area contributed by atoms with Crippen molar-refractivity contribution in [2.24, 2.45) is 0 Å². The number of carbonyl (C=O) groups is 1. The van der Waals surface area contributed by atoms with Crippen molar-refractivity contribution in [3.8, 4) is 0 Å². The van der Waals surface area contributed by atoms with Crippen LogP contribution in [0.25, 0.3) is 0 Å². The monoisotopic (exact) mass is 141 g/mol. The van der Waals surface area contributed by atoms with Crippen LogP contribution in [0.2, 0.25) is 0 Å². The van der Waals surface area contributed by atoms with Crippen LogP contribution in [0.5, 0.6) is 0 Å². The van der Waals surface area contributed by atoms with E-state index in [1.54, 1.807) is 7.05 Å². The van der Waals surface area contributed by atoms with Crippen LogP contribution in [0.15, 0.2) is 0 Å². The minimum absolute atomic E-state index is 0.0845. The standard InChI is InChI=1S/C6H11N3O/c1-8-4-2-3-5(7)9-6(4)10/h4,8H,2-3H2,1H3,(H2,7,9,10)/t4-/m0/s1. The van der Waals surface area contributed by atoms with E-state index in [2.05, 4.69) is 10.6 Å². The van der Waals surface area contributed by atoms with Crippen molar-refractivity contribution < 1.29 is 4.79 Å². The van der Waals surface area contributed by atoms with Crippen LogP contribution in [0.3, 0.4) is 0 Å². The highest BCUT2D eigenvalue weighted by Gasteiger charge is 2.22. The third-order valence-corrected chi connectivity index (χ3v) is 1.62. The van der Waals surface area contributed by atoms with Gasteiger partial charge in [-0.25, -0.2) is 0 Å². The Balaban J connectivity index is 2.51. The predicted octanol–water partition coefficient (Wildman–Crippen LogP) is -0.538. The number of hydrogen-bond donors (Lipinski definition) is 3. The van der Waals surface area contributed by atoms with E-state index in [9.17, 15) is 4.79 Å². The molecule has 1 atom stereocenters. The van der Waals surface area contributed by atoms with E-state index < -0.39 is 0 Å². The second-order valence-corrected chi connectivity index (χ2v) is 2.35. The fourth-order valence-electron chi connectivity index (χ4n) is 0.994. The lowest BCUT2D eigenvalue weighted by Crippen LogP contribution is -2.49. The molecule has 56 valence electrons. The second-order valence-electron chi connectivity index (χ2n) is 2.35. The zero-order chi connectivity index (χ0) is 7.56. The van der Waals surface area contributed by atoms with Crippen molar-refractivity contribution in [1.29, 1.82) is 5.41 Å². The molecule has 1 aliphatic heterocycles. The van der Waals surface area contributed by atoms with Crippen LogP contribution in [-0.4, -0.2) is 24.8 Å². The van der Waals surface area contributed by atoms with Gasteiger partial charge in [0.1, 0.15) is 0 Å². The molecule has 0 radical (unpaired) electrons. The number of amides is 1. The van der Waals surface area contributed by atoms with E-state index in [4.69, 9.17) is 5.41 Å². The maximum atomic E-state index is 10.9. The maximum absolute atomic E-state index is 10.9. The molecular weight excluding hydrogens is 130 g/mol. The minimum atomic E-state index is -0.103. The van der Waals surface area contributed by atoms with Crippen LogP contribution >= 0.6 is 0 Å². The van der Waals surface area contributed by atoms with Gasteiger partial charge in [0.05, 0.1) is 11.9 Å². The molecule has 3 N–H and O–H groups in total. The van der Waals surface area contributed by atoms with Gasteiger partial charge in [-0.2, -0.15) is 0 Å². The van der Waals surface area contributed by atoms with Gasteiger partial charge in [0.2, 0.25) is 5.91 Å². The first-order chi connectivity index (χ1) is 4.74. The average molecular weight is 141 g/mol. The van der Waals surface area contributed by atoms with Crippen LogP contribution in [0, 0.1) is 5.41 Å². The average Bonchev–Trinajstić information content (AvgIpc) is 1.88. The lowest BCUT2D eigenvalue weighted by molar-refractivity contribution is -0.122. The molecule has 10 heavy (non-hydrogen) atoms. The smallest absolute Gasteiger partial charge is 0.242 e. The lowest BCUT2D eigenvalue weighted by atomic mass is 10.1. The molecular formula is C6H11N3O. The second kappa shape index (κ2) is 2.79. The Morgan fingerprint density at radius 2 is 2.50 bits per heavy atom. The molecule has 0 unspecified atom stereocenters. The first-order valence-electron chi connectivity index (χ1n) is 3.29. The van der Waals surface area contributed by atoms with Crippen molar-refractivity contribution >= 4 is 11.7 Å². The van der Waals surface area contributed by atoms with E-state index in [1.807, 2.05) is 0 Å². The highest BCUT2D eigenvalue weighted by molar-refractivity contribution is 6.01. The summed E-state index contributed by atoms with van der Waals surface area (Å²) in [5.74, 6) is 0.246. The number of likely N-dealkylation sites (N-methyl/N-ethyl adjacent to an activating group) is 1. The molecule has 0 aliphatic carbocycles. The number of piperidine rings is 1. The fraction of sp³-hybridized carbons (Fsp3) is 0.667. The molecule has 1 saturated heterocycles. The van der Waals surface area contributed by atoms with Crippen LogP contribution in [0.4, 0.5) is 0 Å². The summed E-state index contributed by atoms with van der Waals surface area (Å²) in [7, 11) is 1.75. The van der Waals surface area contributed by atoms with Gasteiger partial charge in [-0.15, -0.1) is 0 Å². The number of carbonyl (C=O) groups excluding carboxylic acids is 1. The van der Waals surface area contributed by atoms with E-state index >= 15 is 0 Å². The lowest BCUT2D eigenvalue weighted by Gasteiger charge is -2.21. The molecule has 1 aliphatic rings. The van der Waals surface area contributed by atoms with Gasteiger partial charge < -0.3 is 10.6 Å². The highest BCUT2D eigenvalue weighted by atomic mass is 16.2. The molecule has 1 heterocycles. The molecule has 1 amide bonds. The Kier molecular flexibility index (Phi) is 2.01. The molecule has 1 fully saturated rings. The summed E-state index contributed by atoms with van der Waals surface area (Å²) in [6.07, 6.45) is 1.40. The third-order valence-electron chi connectivity index (χ3n) is 1.62. The topological polar surface area (TPSA) is 65.0 Å². The first-order valence-corrected chi connectivity index (χ1v) is 3.29. The Morgan fingerprint density at radius 3 is 3.00 bits per heavy atom. The molecule has 0 aromatic carbocycles. The molecule has 0 aromatic heterocycles. The van der Waals surface area contributed by atoms with Gasteiger partial charge in [-0.05, 0) is 13.5 Å². The summed E-state index contributed by atoms with van der Waals surface area (Å²) in [5, 5.41) is 12.5. The van der Waals surface area contributed by atoms with Crippen LogP contribution < -0.4 is 10.6 Å². The SMILES string of the molecule is CN[C@H]1CCC(=N)NC1=O. The maximum Gasteiger partial charge on any atom is 0.242 e. The van der Waals surface area contributed by atoms with Gasteiger partial charge in [-0.3, -0.25) is 10.2 Å². The van der Waals surface area contributed by atoms with E-state index in [0.717, 1.165) is 6.42 Å². The van der Waals surface area contributed by atoms with Crippen LogP contribution in [-0.2, 0) is 4.79 Å². The zero-order valence-electron chi connectivity index (χ0n) is 5.90. The summed E-state index contributed by atoms with van der Waals surface area (Å²) in [6.45, 7) is 0. The molecule has 0 saturated carbocycles. The number of nitrogens with one attached hydrogen (secondary N) is 3. The molecule has 1 rings (SSSR count). The first kappa shape index (κ1) is 7.21. The van der Waals surface area contributed by atoms with Crippen molar-refractivity contribution in [1.82, 2.24) is 10.6 Å². The number of hydrogen-bond acceptors (Lipinski definition) is 3. The fourth-order valence-corrected chi connectivity index (χ4v) is 0.994. The molecule has 0 bridgehead atoms. The Morgan fingerprint density at radius 1 is 1.80 bits per heavy atom. The van der Waals surface area contributed by atoms with Crippen molar-refractivity contribution in [2.45, 2.75) is 18.9 Å². The highest BCUT2D eigenvalue weighted by Crippen LogP contribution is 2.02. The van der Waals surface area contributed by atoms with E-state index in [0.29, 0.717) is 12.3 Å². The minimum Gasteiger partial charge on any atom is -0.313 e. The Labute approximate surface area is 59.5 Å². The molecule has 0 aromatic rings. The van der Waals surface area contributed by atoms with Gasteiger partial charge >= 0.3 is 0 Å². The van der Waals surface area contributed by atoms with Crippen LogP contribution in [0.1, 0.15) is 12.8 Å². The number of rotatable bonds is 1. The quantitative estimate of drug-likeness (QED) is 0.459. The van der Waals surface area contributed by atoms with E-state index in [1.165, 1.54) is 0 Å². The van der Waals surface area contributed by atoms with Gasteiger partial charge in [0.15, 0.2) is 0 Å². The van der Waals surface area contributed by atoms with Crippen molar-refractivity contribution in [3.05, 3.63) is 0 Å². The number of amidine groups is 1. The van der Waals surface area contributed by atoms with Crippen molar-refractivity contribution in [2.75, 3.05) is 7.05 Å². The zero-order valence-corrected chi connectivity index (χ0v) is 5.90. The summed E-state index contributed by atoms with van der Waals surface area (Å²) in [4.78, 5) is 10.9. The molecule has 0 spiro atoms. The summed E-state index contributed by atoms with van der Waals surface area (Å²) in [5.41, 5.74) is 0. The molecule has 4 nitrogen and oxygen atoms in total. The Bertz CT molecular complexity index is 166.